The summed E-state index contributed by atoms with van der Waals surface area (Å²) in [5, 5.41) is 5.57. The fourth-order valence-corrected chi connectivity index (χ4v) is 2.52. The van der Waals surface area contributed by atoms with Gasteiger partial charge in [-0.2, -0.15) is 0 Å². The third-order valence-electron chi connectivity index (χ3n) is 4.18. The molecule has 0 aliphatic carbocycles. The van der Waals surface area contributed by atoms with Gasteiger partial charge >= 0.3 is 0 Å². The van der Waals surface area contributed by atoms with Crippen molar-refractivity contribution in [3.05, 3.63) is 65.7 Å². The maximum Gasteiger partial charge on any atom is 0.251 e. The molecule has 0 radical (unpaired) electrons. The highest BCUT2D eigenvalue weighted by atomic mass is 16.5. The number of carbonyl (C=O) groups is 2. The molecule has 4 N–H and O–H groups in total. The lowest BCUT2D eigenvalue weighted by molar-refractivity contribution is -0.125. The summed E-state index contributed by atoms with van der Waals surface area (Å²) in [4.78, 5) is 24.3. The van der Waals surface area contributed by atoms with Gasteiger partial charge in [0.1, 0.15) is 5.75 Å². The van der Waals surface area contributed by atoms with Crippen molar-refractivity contribution in [2.45, 2.75) is 13.0 Å². The maximum absolute atomic E-state index is 12.2. The molecule has 2 atom stereocenters. The van der Waals surface area contributed by atoms with Crippen molar-refractivity contribution in [3.8, 4) is 5.75 Å². The summed E-state index contributed by atoms with van der Waals surface area (Å²) in [7, 11) is 1.55. The van der Waals surface area contributed by atoms with Crippen LogP contribution in [0, 0.1) is 5.92 Å². The summed E-state index contributed by atoms with van der Waals surface area (Å²) < 4.78 is 5.10. The van der Waals surface area contributed by atoms with E-state index in [0.717, 1.165) is 5.56 Å². The van der Waals surface area contributed by atoms with Crippen LogP contribution in [-0.4, -0.2) is 32.0 Å². The zero-order valence-corrected chi connectivity index (χ0v) is 15.1. The number of nitrogens with two attached hydrogens (primary N) is 1. The Hall–Kier alpha value is -2.86. The number of hydrogen-bond donors (Lipinski definition) is 3. The van der Waals surface area contributed by atoms with Gasteiger partial charge in [-0.05, 0) is 23.8 Å². The third kappa shape index (κ3) is 5.32. The number of nitrogens with one attached hydrogen (secondary N) is 2. The predicted octanol–water partition coefficient (Wildman–Crippen LogP) is 1.88. The molecule has 2 rings (SSSR count). The molecule has 0 aromatic heterocycles. The van der Waals surface area contributed by atoms with Gasteiger partial charge in [0, 0.05) is 24.7 Å². The monoisotopic (exact) mass is 355 g/mol. The average Bonchev–Trinajstić information content (AvgIpc) is 2.70. The smallest absolute Gasteiger partial charge is 0.251 e. The molecule has 0 spiro atoms. The first kappa shape index (κ1) is 19.5. The summed E-state index contributed by atoms with van der Waals surface area (Å²) >= 11 is 0. The van der Waals surface area contributed by atoms with Gasteiger partial charge in [-0.3, -0.25) is 9.59 Å². The number of methoxy groups -OCH3 is 1. The second kappa shape index (κ2) is 9.58. The summed E-state index contributed by atoms with van der Waals surface area (Å²) in [6.07, 6.45) is 0. The van der Waals surface area contributed by atoms with Crippen molar-refractivity contribution in [3.63, 3.8) is 0 Å². The van der Waals surface area contributed by atoms with Crippen molar-refractivity contribution >= 4 is 11.8 Å². The van der Waals surface area contributed by atoms with Crippen molar-refractivity contribution < 1.29 is 14.3 Å². The highest BCUT2D eigenvalue weighted by Gasteiger charge is 2.21. The second-order valence-electron chi connectivity index (χ2n) is 6.00. The van der Waals surface area contributed by atoms with Gasteiger partial charge in [0.05, 0.1) is 13.0 Å². The molecule has 0 bridgehead atoms. The Kier molecular flexibility index (Phi) is 7.17. The van der Waals surface area contributed by atoms with Gasteiger partial charge in [-0.15, -0.1) is 0 Å². The van der Waals surface area contributed by atoms with Crippen LogP contribution < -0.4 is 21.1 Å². The van der Waals surface area contributed by atoms with Crippen molar-refractivity contribution in [2.75, 3.05) is 20.2 Å². The van der Waals surface area contributed by atoms with Crippen molar-refractivity contribution in [1.82, 2.24) is 10.6 Å². The van der Waals surface area contributed by atoms with Gasteiger partial charge in [-0.1, -0.05) is 43.3 Å². The van der Waals surface area contributed by atoms with E-state index in [1.165, 1.54) is 0 Å². The van der Waals surface area contributed by atoms with Crippen molar-refractivity contribution in [1.29, 1.82) is 0 Å². The van der Waals surface area contributed by atoms with E-state index in [4.69, 9.17) is 10.5 Å². The summed E-state index contributed by atoms with van der Waals surface area (Å²) in [6, 6.07) is 16.0. The third-order valence-corrected chi connectivity index (χ3v) is 4.18. The molecule has 138 valence electrons. The highest BCUT2D eigenvalue weighted by molar-refractivity contribution is 5.94. The fourth-order valence-electron chi connectivity index (χ4n) is 2.52. The molecule has 2 aromatic rings. The van der Waals surface area contributed by atoms with Gasteiger partial charge in [0.25, 0.3) is 5.91 Å². The van der Waals surface area contributed by atoms with E-state index in [9.17, 15) is 9.59 Å². The molecule has 6 heteroatoms. The minimum Gasteiger partial charge on any atom is -0.497 e. The number of hydrogen-bond acceptors (Lipinski definition) is 4. The van der Waals surface area contributed by atoms with Crippen LogP contribution in [0.1, 0.15) is 28.9 Å². The van der Waals surface area contributed by atoms with E-state index in [0.29, 0.717) is 24.4 Å². The van der Waals surface area contributed by atoms with E-state index >= 15 is 0 Å². The zero-order valence-electron chi connectivity index (χ0n) is 15.1. The molecule has 0 saturated heterocycles. The van der Waals surface area contributed by atoms with E-state index in [1.54, 1.807) is 38.3 Å². The number of benzene rings is 2. The molecule has 0 aliphatic rings. The first-order chi connectivity index (χ1) is 12.5. The van der Waals surface area contributed by atoms with Crippen LogP contribution >= 0.6 is 0 Å². The number of rotatable bonds is 8. The van der Waals surface area contributed by atoms with Gasteiger partial charge in [-0.25, -0.2) is 0 Å². The Labute approximate surface area is 153 Å². The van der Waals surface area contributed by atoms with Crippen LogP contribution in [0.2, 0.25) is 0 Å². The first-order valence-electron chi connectivity index (χ1n) is 8.53. The number of carbonyl (C=O) groups excluding carboxylic acids is 2. The molecule has 6 nitrogen and oxygen atoms in total. The second-order valence-corrected chi connectivity index (χ2v) is 6.00. The maximum atomic E-state index is 12.2. The lowest BCUT2D eigenvalue weighted by Crippen LogP contribution is -2.39. The van der Waals surface area contributed by atoms with Gasteiger partial charge in [0.15, 0.2) is 0 Å². The molecule has 0 heterocycles. The normalized spacial score (nSPS) is 12.7. The van der Waals surface area contributed by atoms with Crippen LogP contribution in [0.25, 0.3) is 0 Å². The van der Waals surface area contributed by atoms with Crippen LogP contribution in [-0.2, 0) is 4.79 Å². The van der Waals surface area contributed by atoms with E-state index < -0.39 is 0 Å². The van der Waals surface area contributed by atoms with E-state index in [1.807, 2.05) is 30.3 Å². The fraction of sp³-hybridized carbons (Fsp3) is 0.300. The van der Waals surface area contributed by atoms with Gasteiger partial charge in [0.2, 0.25) is 5.91 Å². The molecule has 2 amide bonds. The Balaban J connectivity index is 1.76. The van der Waals surface area contributed by atoms with Crippen LogP contribution in [0.3, 0.4) is 0 Å². The molecule has 0 fully saturated rings. The molecule has 26 heavy (non-hydrogen) atoms. The topological polar surface area (TPSA) is 93.5 Å². The van der Waals surface area contributed by atoms with Crippen molar-refractivity contribution in [2.24, 2.45) is 11.7 Å². The van der Waals surface area contributed by atoms with E-state index in [-0.39, 0.29) is 23.8 Å². The number of amides is 2. The molecular weight excluding hydrogens is 330 g/mol. The van der Waals surface area contributed by atoms with Crippen LogP contribution in [0.5, 0.6) is 5.75 Å². The number of ether oxygens (including phenoxy) is 1. The molecule has 0 saturated carbocycles. The zero-order chi connectivity index (χ0) is 18.9. The van der Waals surface area contributed by atoms with Crippen LogP contribution in [0.4, 0.5) is 0 Å². The van der Waals surface area contributed by atoms with E-state index in [2.05, 4.69) is 10.6 Å². The van der Waals surface area contributed by atoms with Gasteiger partial charge < -0.3 is 21.1 Å². The Morgan fingerprint density at radius 2 is 1.73 bits per heavy atom. The lowest BCUT2D eigenvalue weighted by Gasteiger charge is -2.20. The summed E-state index contributed by atoms with van der Waals surface area (Å²) in [6.45, 7) is 2.46. The average molecular weight is 355 g/mol. The molecule has 0 aliphatic heterocycles. The summed E-state index contributed by atoms with van der Waals surface area (Å²) in [5.41, 5.74) is 7.58. The molecular formula is C20H25N3O3. The lowest BCUT2D eigenvalue weighted by atomic mass is 9.95. The minimum absolute atomic E-state index is 0.142. The Morgan fingerprint density at radius 3 is 2.42 bits per heavy atom. The predicted molar refractivity (Wildman–Crippen MR) is 101 cm³/mol. The molecule has 2 aromatic carbocycles. The molecule has 2 unspecified atom stereocenters. The van der Waals surface area contributed by atoms with Crippen LogP contribution in [0.15, 0.2) is 54.6 Å². The Bertz CT molecular complexity index is 734. The standard InChI is InChI=1S/C20H25N3O3/c1-14(18(21)15-7-4-3-5-8-15)19(24)22-11-12-23-20(25)16-9-6-10-17(13-16)26-2/h3-10,13-14,18H,11-12,21H2,1-2H3,(H,22,24)(H,23,25). The highest BCUT2D eigenvalue weighted by Crippen LogP contribution is 2.18. The summed E-state index contributed by atoms with van der Waals surface area (Å²) in [5.74, 6) is -0.106. The SMILES string of the molecule is COc1cccc(C(=O)NCCNC(=O)C(C)C(N)c2ccccc2)c1. The largest absolute Gasteiger partial charge is 0.497 e. The first-order valence-corrected chi connectivity index (χ1v) is 8.53. The minimum atomic E-state index is -0.373. The Morgan fingerprint density at radius 1 is 1.04 bits per heavy atom. The quantitative estimate of drug-likeness (QED) is 0.630.